The van der Waals surface area contributed by atoms with Crippen molar-refractivity contribution >= 4 is 23.2 Å². The number of carbonyl (C=O) groups excluding carboxylic acids is 2. The first kappa shape index (κ1) is 20.1. The van der Waals surface area contributed by atoms with E-state index in [1.807, 2.05) is 49.6 Å². The third-order valence-electron chi connectivity index (χ3n) is 3.87. The molecule has 0 unspecified atom stereocenters. The Morgan fingerprint density at radius 1 is 1.23 bits per heavy atom. The molecule has 5 nitrogen and oxygen atoms in total. The van der Waals surface area contributed by atoms with Gasteiger partial charge in [0.05, 0.1) is 17.1 Å². The summed E-state index contributed by atoms with van der Waals surface area (Å²) in [6, 6.07) is 8.78. The van der Waals surface area contributed by atoms with Crippen molar-refractivity contribution in [2.24, 2.45) is 5.92 Å². The van der Waals surface area contributed by atoms with Gasteiger partial charge < -0.3 is 10.1 Å². The maximum absolute atomic E-state index is 12.4. The number of nitrogens with one attached hydrogen (secondary N) is 1. The second kappa shape index (κ2) is 10.1. The van der Waals surface area contributed by atoms with Crippen molar-refractivity contribution in [1.29, 1.82) is 0 Å². The Morgan fingerprint density at radius 3 is 2.62 bits per heavy atom. The highest BCUT2D eigenvalue weighted by Crippen LogP contribution is 2.13. The van der Waals surface area contributed by atoms with E-state index in [9.17, 15) is 9.59 Å². The third kappa shape index (κ3) is 6.26. The molecule has 0 spiro atoms. The first-order chi connectivity index (χ1) is 12.5. The van der Waals surface area contributed by atoms with Crippen molar-refractivity contribution in [3.63, 3.8) is 0 Å². The minimum absolute atomic E-state index is 0.0618. The molecule has 0 fully saturated rings. The Kier molecular flexibility index (Phi) is 7.78. The normalized spacial score (nSPS) is 12.0. The smallest absolute Gasteiger partial charge is 0.329 e. The van der Waals surface area contributed by atoms with Crippen LogP contribution in [0.2, 0.25) is 0 Å². The van der Waals surface area contributed by atoms with Crippen molar-refractivity contribution in [2.45, 2.75) is 52.7 Å². The Morgan fingerprint density at radius 2 is 1.96 bits per heavy atom. The van der Waals surface area contributed by atoms with E-state index in [2.05, 4.69) is 17.2 Å². The summed E-state index contributed by atoms with van der Waals surface area (Å²) < 4.78 is 5.38. The van der Waals surface area contributed by atoms with Crippen LogP contribution >= 0.6 is 11.3 Å². The molecule has 0 bridgehead atoms. The highest BCUT2D eigenvalue weighted by Gasteiger charge is 2.26. The van der Waals surface area contributed by atoms with Gasteiger partial charge in [-0.05, 0) is 24.3 Å². The molecule has 0 aliphatic heterocycles. The number of benzene rings is 1. The van der Waals surface area contributed by atoms with Crippen LogP contribution in [0.5, 0.6) is 0 Å². The van der Waals surface area contributed by atoms with Gasteiger partial charge in [0.1, 0.15) is 12.6 Å². The Hall–Kier alpha value is -2.21. The lowest BCUT2D eigenvalue weighted by Crippen LogP contribution is -2.45. The van der Waals surface area contributed by atoms with Crippen molar-refractivity contribution < 1.29 is 14.3 Å². The Bertz CT molecular complexity index is 713. The summed E-state index contributed by atoms with van der Waals surface area (Å²) in [5, 5.41) is 5.76. The average molecular weight is 375 g/mol. The van der Waals surface area contributed by atoms with E-state index in [0.29, 0.717) is 0 Å². The predicted molar refractivity (Wildman–Crippen MR) is 103 cm³/mol. The standard InChI is InChI=1S/C20H26N2O3S/c1-4-8-18-21-16(13-26-18)12-25-20(24)19(14(2)3)22-17(23)11-15-9-6-5-7-10-15/h5-7,9-10,13-14,19H,4,8,11-12H2,1-3H3,(H,22,23)/t19-/m0/s1. The molecule has 1 N–H and O–H groups in total. The highest BCUT2D eigenvalue weighted by atomic mass is 32.1. The average Bonchev–Trinajstić information content (AvgIpc) is 3.06. The van der Waals surface area contributed by atoms with Crippen molar-refractivity contribution in [3.8, 4) is 0 Å². The molecule has 0 aliphatic carbocycles. The van der Waals surface area contributed by atoms with Crippen LogP contribution < -0.4 is 5.32 Å². The zero-order chi connectivity index (χ0) is 18.9. The van der Waals surface area contributed by atoms with Gasteiger partial charge >= 0.3 is 5.97 Å². The lowest BCUT2D eigenvalue weighted by molar-refractivity contribution is -0.150. The zero-order valence-electron chi connectivity index (χ0n) is 15.5. The molecule has 0 saturated carbocycles. The van der Waals surface area contributed by atoms with Gasteiger partial charge in [-0.1, -0.05) is 51.1 Å². The van der Waals surface area contributed by atoms with E-state index in [4.69, 9.17) is 4.74 Å². The molecule has 2 aromatic rings. The number of aromatic nitrogens is 1. The number of thiazole rings is 1. The van der Waals surface area contributed by atoms with Crippen LogP contribution in [-0.2, 0) is 33.8 Å². The minimum atomic E-state index is -0.667. The van der Waals surface area contributed by atoms with E-state index in [-0.39, 0.29) is 24.9 Å². The molecule has 6 heteroatoms. The number of ether oxygens (including phenoxy) is 1. The van der Waals surface area contributed by atoms with Crippen LogP contribution in [-0.4, -0.2) is 22.9 Å². The number of rotatable bonds is 9. The Balaban J connectivity index is 1.88. The number of nitrogens with zero attached hydrogens (tertiary/aromatic N) is 1. The molecule has 2 rings (SSSR count). The summed E-state index contributed by atoms with van der Waals surface area (Å²) >= 11 is 1.58. The number of aryl methyl sites for hydroxylation is 1. The van der Waals surface area contributed by atoms with Crippen LogP contribution in [0.4, 0.5) is 0 Å². The number of hydrogen-bond acceptors (Lipinski definition) is 5. The van der Waals surface area contributed by atoms with Crippen LogP contribution in [0.15, 0.2) is 35.7 Å². The quantitative estimate of drug-likeness (QED) is 0.682. The molecule has 1 atom stereocenters. The molecular formula is C20H26N2O3S. The summed E-state index contributed by atoms with van der Waals surface area (Å²) in [6.07, 6.45) is 2.21. The summed E-state index contributed by atoms with van der Waals surface area (Å²) in [4.78, 5) is 29.1. The van der Waals surface area contributed by atoms with Gasteiger partial charge in [0.2, 0.25) is 5.91 Å². The van der Waals surface area contributed by atoms with Crippen LogP contribution in [0.1, 0.15) is 43.5 Å². The van der Waals surface area contributed by atoms with Gasteiger partial charge in [0.15, 0.2) is 0 Å². The first-order valence-electron chi connectivity index (χ1n) is 8.92. The number of esters is 1. The third-order valence-corrected chi connectivity index (χ3v) is 4.83. The monoisotopic (exact) mass is 374 g/mol. The first-order valence-corrected chi connectivity index (χ1v) is 9.80. The van der Waals surface area contributed by atoms with E-state index in [0.717, 1.165) is 29.1 Å². The molecule has 1 aromatic heterocycles. The fraction of sp³-hybridized carbons (Fsp3) is 0.450. The number of carbonyl (C=O) groups is 2. The van der Waals surface area contributed by atoms with Gasteiger partial charge in [-0.15, -0.1) is 11.3 Å². The van der Waals surface area contributed by atoms with Gasteiger partial charge in [-0.3, -0.25) is 4.79 Å². The van der Waals surface area contributed by atoms with Gasteiger partial charge in [-0.2, -0.15) is 0 Å². The van der Waals surface area contributed by atoms with Crippen LogP contribution in [0, 0.1) is 5.92 Å². The fourth-order valence-electron chi connectivity index (χ4n) is 2.48. The zero-order valence-corrected chi connectivity index (χ0v) is 16.3. The maximum atomic E-state index is 12.4. The molecule has 140 valence electrons. The second-order valence-corrected chi connectivity index (χ2v) is 7.48. The summed E-state index contributed by atoms with van der Waals surface area (Å²) in [5.74, 6) is -0.675. The lowest BCUT2D eigenvalue weighted by Gasteiger charge is -2.20. The molecule has 0 radical (unpaired) electrons. The molecule has 1 heterocycles. The van der Waals surface area contributed by atoms with Crippen molar-refractivity contribution in [1.82, 2.24) is 10.3 Å². The van der Waals surface area contributed by atoms with E-state index >= 15 is 0 Å². The minimum Gasteiger partial charge on any atom is -0.458 e. The van der Waals surface area contributed by atoms with Gasteiger partial charge in [0.25, 0.3) is 0 Å². The second-order valence-electron chi connectivity index (χ2n) is 6.54. The van der Waals surface area contributed by atoms with Gasteiger partial charge in [-0.25, -0.2) is 9.78 Å². The van der Waals surface area contributed by atoms with E-state index in [1.165, 1.54) is 0 Å². The molecular weight excluding hydrogens is 348 g/mol. The largest absolute Gasteiger partial charge is 0.458 e. The summed E-state index contributed by atoms with van der Waals surface area (Å²) in [6.45, 7) is 6.01. The molecule has 26 heavy (non-hydrogen) atoms. The van der Waals surface area contributed by atoms with Crippen LogP contribution in [0.3, 0.4) is 0 Å². The van der Waals surface area contributed by atoms with Crippen molar-refractivity contribution in [3.05, 3.63) is 52.0 Å². The maximum Gasteiger partial charge on any atom is 0.329 e. The SMILES string of the molecule is CCCc1nc(COC(=O)[C@@H](NC(=O)Cc2ccccc2)C(C)C)cs1. The van der Waals surface area contributed by atoms with Crippen molar-refractivity contribution in [2.75, 3.05) is 0 Å². The fourth-order valence-corrected chi connectivity index (χ4v) is 3.37. The molecule has 0 aliphatic rings. The lowest BCUT2D eigenvalue weighted by atomic mass is 10.0. The van der Waals surface area contributed by atoms with E-state index in [1.54, 1.807) is 11.3 Å². The highest BCUT2D eigenvalue weighted by molar-refractivity contribution is 7.09. The van der Waals surface area contributed by atoms with Gasteiger partial charge in [0, 0.05) is 5.38 Å². The predicted octanol–water partition coefficient (Wildman–Crippen LogP) is 3.52. The van der Waals surface area contributed by atoms with E-state index < -0.39 is 12.0 Å². The Labute approximate surface area is 158 Å². The summed E-state index contributed by atoms with van der Waals surface area (Å²) in [5.41, 5.74) is 1.66. The number of amides is 1. The molecule has 0 saturated heterocycles. The number of hydrogen-bond donors (Lipinski definition) is 1. The molecule has 1 amide bonds. The molecule has 1 aromatic carbocycles. The summed E-state index contributed by atoms with van der Waals surface area (Å²) in [7, 11) is 0. The van der Waals surface area contributed by atoms with Crippen LogP contribution in [0.25, 0.3) is 0 Å². The topological polar surface area (TPSA) is 68.3 Å².